The molecule has 1 saturated carbocycles. The first-order chi connectivity index (χ1) is 18.9. The standard InChI is InChI=1S/C28H33ClF2N2O6S/c1-27(2,17-34)33-13-11-32(12-14-33)26(35)39-20-9-10-28(40(36,37)21-5-3-19(29)4-6-21)18(15-20)16-38-25-23(31)8-7-22(30)24(25)28/h3-8,18,20,34H,9-17H2,1-2H3/t18-,20-,28+/m1/s1. The maximum Gasteiger partial charge on any atom is 0.410 e. The van der Waals surface area contributed by atoms with E-state index in [-0.39, 0.29) is 42.9 Å². The maximum absolute atomic E-state index is 15.4. The highest BCUT2D eigenvalue weighted by Gasteiger charge is 2.60. The third kappa shape index (κ3) is 4.84. The van der Waals surface area contributed by atoms with E-state index in [0.717, 1.165) is 12.1 Å². The Kier molecular flexibility index (Phi) is 7.80. The highest BCUT2D eigenvalue weighted by atomic mass is 35.5. The number of hydrogen-bond acceptors (Lipinski definition) is 7. The molecule has 0 bridgehead atoms. The minimum Gasteiger partial charge on any atom is -0.490 e. The van der Waals surface area contributed by atoms with E-state index >= 15 is 4.39 Å². The second-order valence-electron chi connectivity index (χ2n) is 11.3. The topological polar surface area (TPSA) is 96.4 Å². The fourth-order valence-electron chi connectivity index (χ4n) is 6.22. The van der Waals surface area contributed by atoms with Crippen molar-refractivity contribution in [1.82, 2.24) is 9.80 Å². The lowest BCUT2D eigenvalue weighted by atomic mass is 9.72. The smallest absolute Gasteiger partial charge is 0.410 e. The lowest BCUT2D eigenvalue weighted by Gasteiger charge is -2.49. The molecule has 0 unspecified atom stereocenters. The molecule has 1 saturated heterocycles. The lowest BCUT2D eigenvalue weighted by Crippen LogP contribution is -2.57. The third-order valence-corrected chi connectivity index (χ3v) is 11.5. The summed E-state index contributed by atoms with van der Waals surface area (Å²) in [6.45, 7) is 5.70. The molecule has 3 atom stereocenters. The number of halogens is 3. The Bertz CT molecular complexity index is 1380. The van der Waals surface area contributed by atoms with E-state index in [9.17, 15) is 22.7 Å². The number of amides is 1. The van der Waals surface area contributed by atoms with Crippen molar-refractivity contribution in [3.8, 4) is 5.75 Å². The monoisotopic (exact) mass is 598 g/mol. The van der Waals surface area contributed by atoms with Gasteiger partial charge < -0.3 is 19.5 Å². The van der Waals surface area contributed by atoms with Crippen molar-refractivity contribution < 1.29 is 36.6 Å². The molecule has 2 heterocycles. The zero-order valence-corrected chi connectivity index (χ0v) is 24.0. The second-order valence-corrected chi connectivity index (χ2v) is 14.0. The van der Waals surface area contributed by atoms with Crippen molar-refractivity contribution in [2.45, 2.75) is 54.4 Å². The number of nitrogens with zero attached hydrogens (tertiary/aromatic N) is 2. The Morgan fingerprint density at radius 2 is 1.77 bits per heavy atom. The van der Waals surface area contributed by atoms with E-state index in [1.807, 2.05) is 13.8 Å². The quantitative estimate of drug-likeness (QED) is 0.546. The van der Waals surface area contributed by atoms with E-state index in [1.54, 1.807) is 4.90 Å². The Balaban J connectivity index is 1.41. The van der Waals surface area contributed by atoms with Gasteiger partial charge in [0.05, 0.1) is 23.7 Å². The van der Waals surface area contributed by atoms with Crippen molar-refractivity contribution in [2.24, 2.45) is 5.92 Å². The van der Waals surface area contributed by atoms with E-state index in [0.29, 0.717) is 31.2 Å². The summed E-state index contributed by atoms with van der Waals surface area (Å²) in [6, 6.07) is 7.45. The average molecular weight is 599 g/mol. The van der Waals surface area contributed by atoms with Crippen molar-refractivity contribution in [1.29, 1.82) is 0 Å². The number of aliphatic hydroxyl groups excluding tert-OH is 1. The number of benzene rings is 2. The summed E-state index contributed by atoms with van der Waals surface area (Å²) in [5.74, 6) is -2.89. The summed E-state index contributed by atoms with van der Waals surface area (Å²) in [5, 5.41) is 9.98. The van der Waals surface area contributed by atoms with Gasteiger partial charge in [-0.3, -0.25) is 4.90 Å². The van der Waals surface area contributed by atoms with Crippen LogP contribution in [0.4, 0.5) is 13.6 Å². The number of piperazine rings is 1. The Hall–Kier alpha value is -2.47. The van der Waals surface area contributed by atoms with Crippen LogP contribution in [0.3, 0.4) is 0 Å². The molecule has 1 aliphatic carbocycles. The molecular weight excluding hydrogens is 566 g/mol. The molecule has 0 aromatic heterocycles. The number of carbonyl (C=O) groups excluding carboxylic acids is 1. The van der Waals surface area contributed by atoms with Crippen LogP contribution in [-0.4, -0.2) is 80.5 Å². The number of hydrogen-bond donors (Lipinski definition) is 1. The zero-order valence-electron chi connectivity index (χ0n) is 22.4. The van der Waals surface area contributed by atoms with Gasteiger partial charge in [0, 0.05) is 42.7 Å². The van der Waals surface area contributed by atoms with Gasteiger partial charge in [-0.1, -0.05) is 11.6 Å². The predicted molar refractivity (Wildman–Crippen MR) is 144 cm³/mol. The van der Waals surface area contributed by atoms with Crippen LogP contribution >= 0.6 is 11.6 Å². The van der Waals surface area contributed by atoms with Crippen LogP contribution in [0.1, 0.15) is 38.7 Å². The number of rotatable bonds is 5. The van der Waals surface area contributed by atoms with E-state index in [2.05, 4.69) is 4.90 Å². The third-order valence-electron chi connectivity index (χ3n) is 8.61. The molecule has 5 rings (SSSR count). The minimum absolute atomic E-state index is 0.00270. The number of carbonyl (C=O) groups is 1. The number of fused-ring (bicyclic) bond motifs is 3. The molecule has 218 valence electrons. The highest BCUT2D eigenvalue weighted by molar-refractivity contribution is 7.92. The molecule has 2 aromatic rings. The van der Waals surface area contributed by atoms with Gasteiger partial charge in [0.2, 0.25) is 0 Å². The molecule has 3 aliphatic rings. The molecule has 40 heavy (non-hydrogen) atoms. The molecule has 2 fully saturated rings. The summed E-state index contributed by atoms with van der Waals surface area (Å²) in [4.78, 5) is 16.7. The molecule has 1 amide bonds. The zero-order chi connectivity index (χ0) is 28.9. The molecule has 8 nitrogen and oxygen atoms in total. The average Bonchev–Trinajstić information content (AvgIpc) is 2.94. The van der Waals surface area contributed by atoms with Crippen molar-refractivity contribution in [3.63, 3.8) is 0 Å². The van der Waals surface area contributed by atoms with Crippen LogP contribution in [-0.2, 0) is 19.3 Å². The number of aliphatic hydroxyl groups is 1. The van der Waals surface area contributed by atoms with E-state index in [1.165, 1.54) is 24.3 Å². The summed E-state index contributed by atoms with van der Waals surface area (Å²) in [7, 11) is -4.27. The molecule has 2 aliphatic heterocycles. The molecule has 0 radical (unpaired) electrons. The normalized spacial score (nSPS) is 25.5. The Morgan fingerprint density at radius 1 is 1.12 bits per heavy atom. The Labute approximate surface area is 237 Å². The fourth-order valence-corrected chi connectivity index (χ4v) is 8.71. The fraction of sp³-hybridized carbons (Fsp3) is 0.536. The van der Waals surface area contributed by atoms with Gasteiger partial charge in [-0.25, -0.2) is 22.0 Å². The van der Waals surface area contributed by atoms with Gasteiger partial charge in [-0.15, -0.1) is 0 Å². The lowest BCUT2D eigenvalue weighted by molar-refractivity contribution is -0.0135. The first-order valence-corrected chi connectivity index (χ1v) is 15.2. The van der Waals surface area contributed by atoms with Crippen LogP contribution in [0.15, 0.2) is 41.3 Å². The van der Waals surface area contributed by atoms with Crippen molar-refractivity contribution in [3.05, 3.63) is 58.6 Å². The molecule has 2 aromatic carbocycles. The molecule has 0 spiro atoms. The van der Waals surface area contributed by atoms with Gasteiger partial charge in [0.1, 0.15) is 16.7 Å². The number of ether oxygens (including phenoxy) is 2. The van der Waals surface area contributed by atoms with E-state index in [4.69, 9.17) is 21.1 Å². The van der Waals surface area contributed by atoms with E-state index < -0.39 is 55.6 Å². The van der Waals surface area contributed by atoms with Crippen molar-refractivity contribution >= 4 is 27.5 Å². The summed E-state index contributed by atoms with van der Waals surface area (Å²) >= 11 is 5.99. The largest absolute Gasteiger partial charge is 0.490 e. The van der Waals surface area contributed by atoms with Crippen LogP contribution in [0, 0.1) is 17.6 Å². The van der Waals surface area contributed by atoms with Gasteiger partial charge in [-0.2, -0.15) is 0 Å². The van der Waals surface area contributed by atoms with Crippen LogP contribution in [0.25, 0.3) is 0 Å². The van der Waals surface area contributed by atoms with Gasteiger partial charge >= 0.3 is 6.09 Å². The van der Waals surface area contributed by atoms with Crippen LogP contribution in [0.5, 0.6) is 5.75 Å². The minimum atomic E-state index is -4.27. The van der Waals surface area contributed by atoms with Crippen molar-refractivity contribution in [2.75, 3.05) is 39.4 Å². The van der Waals surface area contributed by atoms with Crippen LogP contribution in [0.2, 0.25) is 5.02 Å². The van der Waals surface area contributed by atoms with Gasteiger partial charge in [0.25, 0.3) is 0 Å². The highest BCUT2D eigenvalue weighted by Crippen LogP contribution is 2.56. The molecule has 12 heteroatoms. The summed E-state index contributed by atoms with van der Waals surface area (Å²) in [6.07, 6.45) is -0.975. The SMILES string of the molecule is CC(C)(CO)N1CCN(C(=O)O[C@@H]2CC[C@@]3(S(=O)(=O)c4ccc(Cl)cc4)c4c(F)ccc(F)c4OC[C@H]3C2)CC1. The molecule has 1 N–H and O–H groups in total. The summed E-state index contributed by atoms with van der Waals surface area (Å²) in [5.41, 5.74) is -0.712. The molecular formula is C28H33ClF2N2O6S. The van der Waals surface area contributed by atoms with Gasteiger partial charge in [0.15, 0.2) is 21.4 Å². The predicted octanol–water partition coefficient (Wildman–Crippen LogP) is 4.37. The van der Waals surface area contributed by atoms with Crippen LogP contribution < -0.4 is 4.74 Å². The summed E-state index contributed by atoms with van der Waals surface area (Å²) < 4.78 is 68.4. The number of sulfone groups is 1. The second kappa shape index (κ2) is 10.7. The Morgan fingerprint density at radius 3 is 2.42 bits per heavy atom. The first kappa shape index (κ1) is 29.0. The van der Waals surface area contributed by atoms with Gasteiger partial charge in [-0.05, 0) is 69.5 Å². The maximum atomic E-state index is 15.4. The first-order valence-electron chi connectivity index (χ1n) is 13.3.